The number of rotatable bonds is 10. The van der Waals surface area contributed by atoms with E-state index < -0.39 is 0 Å². The zero-order valence-electron chi connectivity index (χ0n) is 22.0. The summed E-state index contributed by atoms with van der Waals surface area (Å²) in [6.07, 6.45) is 3.48. The number of nitrogens with one attached hydrogen (secondary N) is 1. The van der Waals surface area contributed by atoms with Crippen LogP contribution in [0.1, 0.15) is 49.3 Å². The standard InChI is InChI=1S/C34H34N2O2/c1-3-25(2)35-34(37)22-31(27-15-12-18-29(21-27)38-28-16-8-5-9-17-28)32-24-36(23-26-13-6-4-7-14-26)33-20-11-10-19-30(32)33/h4-21,24-25,31H,3,22-23H2,1-2H3,(H,35,37). The molecule has 0 aliphatic carbocycles. The Labute approximate surface area is 224 Å². The predicted molar refractivity (Wildman–Crippen MR) is 155 cm³/mol. The van der Waals surface area contributed by atoms with Crippen molar-refractivity contribution in [3.8, 4) is 11.5 Å². The molecule has 5 aromatic rings. The molecule has 4 nitrogen and oxygen atoms in total. The van der Waals surface area contributed by atoms with E-state index in [2.05, 4.69) is 83.7 Å². The van der Waals surface area contributed by atoms with Crippen molar-refractivity contribution in [1.29, 1.82) is 0 Å². The number of fused-ring (bicyclic) bond motifs is 1. The number of hydrogen-bond donors (Lipinski definition) is 1. The van der Waals surface area contributed by atoms with E-state index in [1.807, 2.05) is 55.5 Å². The smallest absolute Gasteiger partial charge is 0.221 e. The first-order chi connectivity index (χ1) is 18.6. The minimum Gasteiger partial charge on any atom is -0.457 e. The maximum absolute atomic E-state index is 13.2. The number of nitrogens with zero attached hydrogens (tertiary/aromatic N) is 1. The Morgan fingerprint density at radius 3 is 2.29 bits per heavy atom. The first-order valence-electron chi connectivity index (χ1n) is 13.3. The molecule has 2 unspecified atom stereocenters. The predicted octanol–water partition coefficient (Wildman–Crippen LogP) is 7.92. The van der Waals surface area contributed by atoms with Crippen molar-refractivity contribution in [3.05, 3.63) is 132 Å². The van der Waals surface area contributed by atoms with Gasteiger partial charge in [0.2, 0.25) is 5.91 Å². The Bertz CT molecular complexity index is 1490. The van der Waals surface area contributed by atoms with Crippen LogP contribution in [0, 0.1) is 0 Å². The van der Waals surface area contributed by atoms with Gasteiger partial charge in [0.15, 0.2) is 0 Å². The molecule has 4 aromatic carbocycles. The highest BCUT2D eigenvalue weighted by Crippen LogP contribution is 2.37. The van der Waals surface area contributed by atoms with Gasteiger partial charge in [-0.15, -0.1) is 0 Å². The van der Waals surface area contributed by atoms with E-state index in [0.29, 0.717) is 6.42 Å². The van der Waals surface area contributed by atoms with E-state index in [0.717, 1.165) is 41.1 Å². The number of benzene rings is 4. The van der Waals surface area contributed by atoms with Gasteiger partial charge in [-0.2, -0.15) is 0 Å². The number of hydrogen-bond acceptors (Lipinski definition) is 2. The normalized spacial score (nSPS) is 12.7. The molecule has 0 radical (unpaired) electrons. The maximum Gasteiger partial charge on any atom is 0.221 e. The molecule has 1 amide bonds. The summed E-state index contributed by atoms with van der Waals surface area (Å²) in [4.78, 5) is 13.2. The summed E-state index contributed by atoms with van der Waals surface area (Å²) in [6.45, 7) is 4.90. The average molecular weight is 503 g/mol. The van der Waals surface area contributed by atoms with E-state index in [9.17, 15) is 4.79 Å². The van der Waals surface area contributed by atoms with Crippen LogP contribution in [0.5, 0.6) is 11.5 Å². The van der Waals surface area contributed by atoms with Crippen molar-refractivity contribution in [2.75, 3.05) is 0 Å². The van der Waals surface area contributed by atoms with E-state index >= 15 is 0 Å². The van der Waals surface area contributed by atoms with Gasteiger partial charge in [0.05, 0.1) is 0 Å². The summed E-state index contributed by atoms with van der Waals surface area (Å²) in [7, 11) is 0. The van der Waals surface area contributed by atoms with Crippen LogP contribution >= 0.6 is 0 Å². The van der Waals surface area contributed by atoms with Crippen molar-refractivity contribution < 1.29 is 9.53 Å². The first kappa shape index (κ1) is 25.3. The summed E-state index contributed by atoms with van der Waals surface area (Å²) in [5, 5.41) is 4.34. The molecular weight excluding hydrogens is 468 g/mol. The second-order valence-corrected chi connectivity index (χ2v) is 9.84. The van der Waals surface area contributed by atoms with Gasteiger partial charge in [0, 0.05) is 42.0 Å². The fraction of sp³-hybridized carbons (Fsp3) is 0.206. The van der Waals surface area contributed by atoms with Crippen LogP contribution in [0.4, 0.5) is 0 Å². The van der Waals surface area contributed by atoms with Crippen molar-refractivity contribution in [2.24, 2.45) is 0 Å². The van der Waals surface area contributed by atoms with E-state index in [-0.39, 0.29) is 17.9 Å². The molecule has 1 aromatic heterocycles. The van der Waals surface area contributed by atoms with Crippen LogP contribution in [0.3, 0.4) is 0 Å². The first-order valence-corrected chi connectivity index (χ1v) is 13.3. The van der Waals surface area contributed by atoms with Crippen LogP contribution in [0.25, 0.3) is 10.9 Å². The zero-order valence-corrected chi connectivity index (χ0v) is 22.0. The summed E-state index contributed by atoms with van der Waals surface area (Å²) in [5.74, 6) is 1.48. The number of aromatic nitrogens is 1. The molecule has 0 saturated carbocycles. The highest BCUT2D eigenvalue weighted by molar-refractivity contribution is 5.87. The molecule has 0 bridgehead atoms. The third-order valence-electron chi connectivity index (χ3n) is 7.04. The Kier molecular flexibility index (Phi) is 7.89. The monoisotopic (exact) mass is 502 g/mol. The minimum atomic E-state index is -0.125. The maximum atomic E-state index is 13.2. The Balaban J connectivity index is 1.55. The van der Waals surface area contributed by atoms with E-state index in [4.69, 9.17) is 4.74 Å². The third-order valence-corrected chi connectivity index (χ3v) is 7.04. The van der Waals surface area contributed by atoms with Crippen LogP contribution in [-0.2, 0) is 11.3 Å². The lowest BCUT2D eigenvalue weighted by atomic mass is 9.87. The van der Waals surface area contributed by atoms with Gasteiger partial charge in [0.25, 0.3) is 0 Å². The van der Waals surface area contributed by atoms with Crippen molar-refractivity contribution in [2.45, 2.75) is 45.2 Å². The van der Waals surface area contributed by atoms with Crippen LogP contribution < -0.4 is 10.1 Å². The number of carbonyl (C=O) groups is 1. The number of ether oxygens (including phenoxy) is 1. The van der Waals surface area contributed by atoms with Gasteiger partial charge in [-0.05, 0) is 60.4 Å². The third kappa shape index (κ3) is 5.97. The topological polar surface area (TPSA) is 43.3 Å². The largest absolute Gasteiger partial charge is 0.457 e. The van der Waals surface area contributed by atoms with Gasteiger partial charge in [-0.25, -0.2) is 0 Å². The second-order valence-electron chi connectivity index (χ2n) is 9.84. The molecule has 38 heavy (non-hydrogen) atoms. The highest BCUT2D eigenvalue weighted by atomic mass is 16.5. The molecule has 4 heteroatoms. The Morgan fingerprint density at radius 1 is 0.842 bits per heavy atom. The van der Waals surface area contributed by atoms with Gasteiger partial charge < -0.3 is 14.6 Å². The lowest BCUT2D eigenvalue weighted by Gasteiger charge is -2.20. The Morgan fingerprint density at radius 2 is 1.53 bits per heavy atom. The molecule has 0 spiro atoms. The SMILES string of the molecule is CCC(C)NC(=O)CC(c1cccc(Oc2ccccc2)c1)c1cn(Cc2ccccc2)c2ccccc12. The molecule has 5 rings (SSSR count). The molecule has 0 fully saturated rings. The number of amides is 1. The number of carbonyl (C=O) groups excluding carboxylic acids is 1. The van der Waals surface area contributed by atoms with Crippen LogP contribution in [-0.4, -0.2) is 16.5 Å². The Hall–Kier alpha value is -4.31. The lowest BCUT2D eigenvalue weighted by molar-refractivity contribution is -0.121. The summed E-state index contributed by atoms with van der Waals surface area (Å²) in [5.41, 5.74) is 4.60. The van der Waals surface area contributed by atoms with Crippen LogP contribution in [0.2, 0.25) is 0 Å². The van der Waals surface area contributed by atoms with E-state index in [1.165, 1.54) is 10.9 Å². The van der Waals surface area contributed by atoms with Crippen molar-refractivity contribution >= 4 is 16.8 Å². The summed E-state index contributed by atoms with van der Waals surface area (Å²) >= 11 is 0. The van der Waals surface area contributed by atoms with E-state index in [1.54, 1.807) is 0 Å². The average Bonchev–Trinajstić information content (AvgIpc) is 3.31. The highest BCUT2D eigenvalue weighted by Gasteiger charge is 2.24. The van der Waals surface area contributed by atoms with Gasteiger partial charge in [-0.3, -0.25) is 4.79 Å². The van der Waals surface area contributed by atoms with Crippen LogP contribution in [0.15, 0.2) is 115 Å². The van der Waals surface area contributed by atoms with Gasteiger partial charge in [-0.1, -0.05) is 85.8 Å². The zero-order chi connectivity index (χ0) is 26.3. The van der Waals surface area contributed by atoms with Gasteiger partial charge in [0.1, 0.15) is 11.5 Å². The summed E-state index contributed by atoms with van der Waals surface area (Å²) in [6, 6.07) is 37.0. The summed E-state index contributed by atoms with van der Waals surface area (Å²) < 4.78 is 8.45. The molecule has 1 heterocycles. The molecule has 1 N–H and O–H groups in total. The fourth-order valence-corrected chi connectivity index (χ4v) is 4.91. The quantitative estimate of drug-likeness (QED) is 0.211. The molecule has 2 atom stereocenters. The molecular formula is C34H34N2O2. The van der Waals surface area contributed by atoms with Crippen molar-refractivity contribution in [1.82, 2.24) is 9.88 Å². The van der Waals surface area contributed by atoms with Gasteiger partial charge >= 0.3 is 0 Å². The number of para-hydroxylation sites is 2. The molecule has 192 valence electrons. The molecule has 0 aliphatic heterocycles. The van der Waals surface area contributed by atoms with Crippen molar-refractivity contribution in [3.63, 3.8) is 0 Å². The fourth-order valence-electron chi connectivity index (χ4n) is 4.91. The lowest BCUT2D eigenvalue weighted by Crippen LogP contribution is -2.33. The second kappa shape index (κ2) is 11.8. The molecule has 0 aliphatic rings. The molecule has 0 saturated heterocycles. The minimum absolute atomic E-state index is 0.0543.